The molecule has 0 bridgehead atoms. The summed E-state index contributed by atoms with van der Waals surface area (Å²) < 4.78 is 0. The summed E-state index contributed by atoms with van der Waals surface area (Å²) in [5.74, 6) is 0.0655. The first-order valence-electron chi connectivity index (χ1n) is 5.01. The van der Waals surface area contributed by atoms with E-state index in [1.807, 2.05) is 0 Å². The molecule has 1 aromatic rings. The molecule has 90 valence electrons. The number of hydrogen-bond donors (Lipinski definition) is 2. The lowest BCUT2D eigenvalue weighted by Crippen LogP contribution is -2.47. The van der Waals surface area contributed by atoms with Gasteiger partial charge in [-0.1, -0.05) is 12.1 Å². The van der Waals surface area contributed by atoms with Gasteiger partial charge in [0.25, 0.3) is 0 Å². The molecule has 1 unspecified atom stereocenters. The Kier molecular flexibility index (Phi) is 2.74. The Balaban J connectivity index is 2.44. The van der Waals surface area contributed by atoms with Crippen LogP contribution in [0.2, 0.25) is 0 Å². The number of hydrogen-bond acceptors (Lipinski definition) is 4. The molecule has 0 radical (unpaired) electrons. The lowest BCUT2D eigenvalue weighted by Gasteiger charge is -2.31. The summed E-state index contributed by atoms with van der Waals surface area (Å²) in [5.41, 5.74) is 5.99. The highest BCUT2D eigenvalue weighted by Crippen LogP contribution is 2.44. The van der Waals surface area contributed by atoms with Crippen molar-refractivity contribution in [3.8, 4) is 5.75 Å². The van der Waals surface area contributed by atoms with E-state index >= 15 is 0 Å². The predicted octanol–water partition coefficient (Wildman–Crippen LogP) is 1.22. The zero-order valence-electron chi connectivity index (χ0n) is 9.21. The standard InChI is InChI=1S/C11H12N2O3S/c1-11(7-2-4-8(14)5-3-7)13(10(12)16)9(15)6-17-11/h2-5,14H,6H2,1H3,(H2,12,16). The monoisotopic (exact) mass is 252 g/mol. The fourth-order valence-electron chi connectivity index (χ4n) is 1.89. The lowest BCUT2D eigenvalue weighted by molar-refractivity contribution is -0.126. The molecule has 3 amide bonds. The van der Waals surface area contributed by atoms with Gasteiger partial charge in [0.2, 0.25) is 5.91 Å². The maximum atomic E-state index is 11.6. The molecule has 17 heavy (non-hydrogen) atoms. The summed E-state index contributed by atoms with van der Waals surface area (Å²) in [4.78, 5) is 23.2. The van der Waals surface area contributed by atoms with Crippen molar-refractivity contribution in [2.75, 3.05) is 5.75 Å². The maximum Gasteiger partial charge on any atom is 0.322 e. The van der Waals surface area contributed by atoms with Gasteiger partial charge in [-0.2, -0.15) is 0 Å². The van der Waals surface area contributed by atoms with E-state index < -0.39 is 10.9 Å². The first kappa shape index (κ1) is 11.8. The van der Waals surface area contributed by atoms with E-state index in [1.165, 1.54) is 23.9 Å². The smallest absolute Gasteiger partial charge is 0.322 e. The Labute approximate surface area is 103 Å². The third-order valence-electron chi connectivity index (χ3n) is 2.78. The van der Waals surface area contributed by atoms with Crippen LogP contribution in [0, 0.1) is 0 Å². The summed E-state index contributed by atoms with van der Waals surface area (Å²) in [6.07, 6.45) is 0. The number of thioether (sulfide) groups is 1. The van der Waals surface area contributed by atoms with Gasteiger partial charge < -0.3 is 10.8 Å². The van der Waals surface area contributed by atoms with Crippen molar-refractivity contribution in [1.29, 1.82) is 0 Å². The fourth-order valence-corrected chi connectivity index (χ4v) is 3.04. The van der Waals surface area contributed by atoms with Gasteiger partial charge in [-0.3, -0.25) is 4.79 Å². The number of phenolic OH excluding ortho intramolecular Hbond substituents is 1. The molecule has 1 aliphatic rings. The number of nitrogens with zero attached hydrogens (tertiary/aromatic N) is 1. The van der Waals surface area contributed by atoms with Crippen LogP contribution in [-0.4, -0.2) is 27.7 Å². The number of phenols is 1. The zero-order valence-corrected chi connectivity index (χ0v) is 10.0. The second-order valence-corrected chi connectivity index (χ2v) is 5.26. The molecule has 3 N–H and O–H groups in total. The molecule has 1 aromatic carbocycles. The highest BCUT2D eigenvalue weighted by Gasteiger charge is 2.46. The minimum atomic E-state index is -0.795. The molecule has 6 heteroatoms. The number of urea groups is 1. The largest absolute Gasteiger partial charge is 0.508 e. The summed E-state index contributed by atoms with van der Waals surface area (Å²) in [6.45, 7) is 1.76. The molecule has 1 atom stereocenters. The molecule has 0 aromatic heterocycles. The van der Waals surface area contributed by atoms with E-state index in [-0.39, 0.29) is 17.4 Å². The Morgan fingerprint density at radius 3 is 2.59 bits per heavy atom. The van der Waals surface area contributed by atoms with E-state index in [0.29, 0.717) is 0 Å². The predicted molar refractivity (Wildman–Crippen MR) is 64.3 cm³/mol. The Morgan fingerprint density at radius 1 is 1.47 bits per heavy atom. The summed E-state index contributed by atoms with van der Waals surface area (Å²) in [7, 11) is 0. The van der Waals surface area contributed by atoms with Gasteiger partial charge in [0.05, 0.1) is 5.75 Å². The van der Waals surface area contributed by atoms with E-state index in [2.05, 4.69) is 0 Å². The summed E-state index contributed by atoms with van der Waals surface area (Å²) in [6, 6.07) is 5.63. The van der Waals surface area contributed by atoms with Crippen molar-refractivity contribution in [2.24, 2.45) is 5.73 Å². The van der Waals surface area contributed by atoms with Gasteiger partial charge >= 0.3 is 6.03 Å². The highest BCUT2D eigenvalue weighted by molar-refractivity contribution is 8.01. The van der Waals surface area contributed by atoms with Gasteiger partial charge in [0.1, 0.15) is 10.6 Å². The second kappa shape index (κ2) is 3.96. The molecule has 1 fully saturated rings. The molecule has 2 rings (SSSR count). The number of carbonyl (C=O) groups excluding carboxylic acids is 2. The molecule has 1 heterocycles. The van der Waals surface area contributed by atoms with Crippen molar-refractivity contribution in [1.82, 2.24) is 4.90 Å². The van der Waals surface area contributed by atoms with Crippen LogP contribution in [0.1, 0.15) is 12.5 Å². The number of rotatable bonds is 1. The molecular formula is C11H12N2O3S. The Bertz CT molecular complexity index is 474. The molecule has 1 aliphatic heterocycles. The molecule has 0 spiro atoms. The number of benzene rings is 1. The van der Waals surface area contributed by atoms with E-state index in [1.54, 1.807) is 19.1 Å². The number of amides is 3. The van der Waals surface area contributed by atoms with Gasteiger partial charge in [-0.15, -0.1) is 11.8 Å². The molecular weight excluding hydrogens is 240 g/mol. The third kappa shape index (κ3) is 1.84. The normalized spacial score (nSPS) is 24.1. The first-order valence-corrected chi connectivity index (χ1v) is 5.99. The van der Waals surface area contributed by atoms with Gasteiger partial charge in [-0.05, 0) is 24.6 Å². The number of carbonyl (C=O) groups is 2. The average Bonchev–Trinajstić information content (AvgIpc) is 2.56. The van der Waals surface area contributed by atoms with Crippen LogP contribution >= 0.6 is 11.8 Å². The van der Waals surface area contributed by atoms with Crippen LogP contribution in [0.4, 0.5) is 4.79 Å². The van der Waals surface area contributed by atoms with Crippen LogP contribution in [-0.2, 0) is 9.67 Å². The van der Waals surface area contributed by atoms with Crippen molar-refractivity contribution in [3.63, 3.8) is 0 Å². The second-order valence-electron chi connectivity index (χ2n) is 3.89. The van der Waals surface area contributed by atoms with Gasteiger partial charge in [0, 0.05) is 0 Å². The summed E-state index contributed by atoms with van der Waals surface area (Å²) >= 11 is 1.34. The number of imide groups is 1. The minimum absolute atomic E-state index is 0.136. The number of aromatic hydroxyl groups is 1. The van der Waals surface area contributed by atoms with Gasteiger partial charge in [0.15, 0.2) is 0 Å². The van der Waals surface area contributed by atoms with Crippen molar-refractivity contribution in [2.45, 2.75) is 11.8 Å². The molecule has 1 saturated heterocycles. The van der Waals surface area contributed by atoms with E-state index in [0.717, 1.165) is 10.5 Å². The van der Waals surface area contributed by atoms with Gasteiger partial charge in [-0.25, -0.2) is 9.69 Å². The van der Waals surface area contributed by atoms with E-state index in [4.69, 9.17) is 5.73 Å². The third-order valence-corrected chi connectivity index (χ3v) is 4.15. The SMILES string of the molecule is CC1(c2ccc(O)cc2)SCC(=O)N1C(N)=O. The molecule has 0 saturated carbocycles. The molecule has 0 aliphatic carbocycles. The summed E-state index contributed by atoms with van der Waals surface area (Å²) in [5, 5.41) is 9.23. The lowest BCUT2D eigenvalue weighted by atomic mass is 10.1. The van der Waals surface area contributed by atoms with Crippen molar-refractivity contribution < 1.29 is 14.7 Å². The Hall–Kier alpha value is -1.69. The first-order chi connectivity index (χ1) is 7.95. The topological polar surface area (TPSA) is 83.6 Å². The van der Waals surface area contributed by atoms with Crippen LogP contribution in [0.25, 0.3) is 0 Å². The fraction of sp³-hybridized carbons (Fsp3) is 0.273. The quantitative estimate of drug-likeness (QED) is 0.787. The maximum absolute atomic E-state index is 11.6. The highest BCUT2D eigenvalue weighted by atomic mass is 32.2. The zero-order chi connectivity index (χ0) is 12.6. The van der Waals surface area contributed by atoms with Crippen LogP contribution < -0.4 is 5.73 Å². The van der Waals surface area contributed by atoms with Crippen LogP contribution in [0.3, 0.4) is 0 Å². The number of nitrogens with two attached hydrogens (primary N) is 1. The Morgan fingerprint density at radius 2 is 2.06 bits per heavy atom. The van der Waals surface area contributed by atoms with Crippen molar-refractivity contribution >= 4 is 23.7 Å². The van der Waals surface area contributed by atoms with Crippen LogP contribution in [0.5, 0.6) is 5.75 Å². The molecule has 5 nitrogen and oxygen atoms in total. The van der Waals surface area contributed by atoms with Crippen LogP contribution in [0.15, 0.2) is 24.3 Å². The number of primary amides is 1. The minimum Gasteiger partial charge on any atom is -0.508 e. The van der Waals surface area contributed by atoms with Crippen molar-refractivity contribution in [3.05, 3.63) is 29.8 Å². The van der Waals surface area contributed by atoms with E-state index in [9.17, 15) is 14.7 Å². The average molecular weight is 252 g/mol.